The lowest BCUT2D eigenvalue weighted by Gasteiger charge is -2.25. The number of benzene rings is 3. The number of nitrogen functional groups attached to an aromatic ring is 1. The number of nitrogens with two attached hydrogens (primary N) is 2. The largest absolute Gasteiger partial charge is 0.464 e. The van der Waals surface area contributed by atoms with E-state index in [1.54, 1.807) is 61.5 Å². The normalized spacial score (nSPS) is 12.0. The molecule has 0 aliphatic carbocycles. The van der Waals surface area contributed by atoms with Crippen LogP contribution in [0.5, 0.6) is 0 Å². The lowest BCUT2D eigenvalue weighted by molar-refractivity contribution is -0.148. The van der Waals surface area contributed by atoms with Crippen LogP contribution in [0.1, 0.15) is 30.3 Å². The highest BCUT2D eigenvalue weighted by molar-refractivity contribution is 7.93. The maximum atomic E-state index is 14.4. The Balaban J connectivity index is 1.55. The third-order valence-corrected chi connectivity index (χ3v) is 9.44. The molecule has 0 bridgehead atoms. The van der Waals surface area contributed by atoms with E-state index >= 15 is 0 Å². The quantitative estimate of drug-likeness (QED) is 0.0818. The fourth-order valence-corrected chi connectivity index (χ4v) is 6.84. The molecule has 6 N–H and O–H groups in total. The number of nitrogens with zero attached hydrogens (tertiary/aromatic N) is 4. The summed E-state index contributed by atoms with van der Waals surface area (Å²) in [7, 11) is -2.62. The molecular weight excluding hydrogens is 636 g/mol. The van der Waals surface area contributed by atoms with Crippen molar-refractivity contribution in [3.63, 3.8) is 0 Å². The first kappa shape index (κ1) is 33.5. The summed E-state index contributed by atoms with van der Waals surface area (Å²) >= 11 is 0. The van der Waals surface area contributed by atoms with E-state index in [1.807, 2.05) is 23.7 Å². The number of para-hydroxylation sites is 1. The Bertz CT molecular complexity index is 2140. The molecule has 15 heteroatoms. The Morgan fingerprint density at radius 1 is 1.04 bits per heavy atom. The molecule has 2 amide bonds. The summed E-state index contributed by atoms with van der Waals surface area (Å²) in [6, 6.07) is 18.7. The topological polar surface area (TPSA) is 216 Å². The monoisotopic (exact) mass is 670 g/mol. The van der Waals surface area contributed by atoms with Crippen LogP contribution in [-0.2, 0) is 42.6 Å². The third kappa shape index (κ3) is 7.10. The molecule has 0 aliphatic heterocycles. The maximum Gasteiger partial charge on any atom is 0.329 e. The van der Waals surface area contributed by atoms with Crippen LogP contribution in [0, 0.1) is 5.41 Å². The Kier molecular flexibility index (Phi) is 9.70. The lowest BCUT2D eigenvalue weighted by Crippen LogP contribution is -2.49. The summed E-state index contributed by atoms with van der Waals surface area (Å²) in [5.74, 6) is -1.95. The number of nitrogens with one attached hydrogen (secondary N) is 2. The number of rotatable bonds is 13. The van der Waals surface area contributed by atoms with Gasteiger partial charge in [-0.15, -0.1) is 0 Å². The van der Waals surface area contributed by atoms with Gasteiger partial charge < -0.3 is 26.1 Å². The van der Waals surface area contributed by atoms with Gasteiger partial charge in [0.25, 0.3) is 10.0 Å². The van der Waals surface area contributed by atoms with Crippen molar-refractivity contribution in [2.75, 3.05) is 17.5 Å². The highest BCUT2D eigenvalue weighted by Crippen LogP contribution is 2.30. The summed E-state index contributed by atoms with van der Waals surface area (Å²) in [5.41, 5.74) is 13.9. The van der Waals surface area contributed by atoms with Crippen molar-refractivity contribution >= 4 is 61.3 Å². The van der Waals surface area contributed by atoms with E-state index in [9.17, 15) is 22.8 Å². The third-order valence-electron chi connectivity index (χ3n) is 7.63. The number of aryl methyl sites for hydroxylation is 1. The van der Waals surface area contributed by atoms with Crippen molar-refractivity contribution in [3.8, 4) is 0 Å². The van der Waals surface area contributed by atoms with E-state index in [4.69, 9.17) is 26.6 Å². The molecule has 0 radical (unpaired) electrons. The average Bonchev–Trinajstić information content (AvgIpc) is 3.36. The van der Waals surface area contributed by atoms with Crippen LogP contribution in [0.4, 0.5) is 5.69 Å². The molecule has 0 saturated heterocycles. The zero-order valence-electron chi connectivity index (χ0n) is 26.2. The number of anilines is 1. The number of aromatic nitrogens is 3. The minimum absolute atomic E-state index is 0.00560. The van der Waals surface area contributed by atoms with Gasteiger partial charge in [-0.25, -0.2) is 18.2 Å². The van der Waals surface area contributed by atoms with Crippen LogP contribution in [0.25, 0.3) is 21.9 Å². The van der Waals surface area contributed by atoms with Gasteiger partial charge in [-0.1, -0.05) is 42.5 Å². The summed E-state index contributed by atoms with van der Waals surface area (Å²) in [4.78, 5) is 46.5. The van der Waals surface area contributed by atoms with E-state index < -0.39 is 46.8 Å². The highest BCUT2D eigenvalue weighted by Gasteiger charge is 2.32. The van der Waals surface area contributed by atoms with Gasteiger partial charge in [-0.05, 0) is 42.8 Å². The fourth-order valence-electron chi connectivity index (χ4n) is 5.26. The molecule has 248 valence electrons. The van der Waals surface area contributed by atoms with E-state index in [2.05, 4.69) is 10.3 Å². The van der Waals surface area contributed by atoms with Crippen molar-refractivity contribution in [1.29, 1.82) is 5.41 Å². The summed E-state index contributed by atoms with van der Waals surface area (Å²) in [5, 5.41) is 10.6. The molecule has 48 heavy (non-hydrogen) atoms. The van der Waals surface area contributed by atoms with Crippen LogP contribution in [-0.4, -0.2) is 65.8 Å². The number of primary amides is 1. The number of fused-ring (bicyclic) bond motifs is 2. The van der Waals surface area contributed by atoms with Gasteiger partial charge >= 0.3 is 5.97 Å². The molecule has 2 aromatic heterocycles. The van der Waals surface area contributed by atoms with Crippen LogP contribution in [0.3, 0.4) is 0 Å². The number of sulfonamides is 1. The number of hydrogen-bond acceptors (Lipinski definition) is 9. The van der Waals surface area contributed by atoms with Crippen molar-refractivity contribution in [3.05, 3.63) is 95.9 Å². The first-order chi connectivity index (χ1) is 22.9. The minimum atomic E-state index is -4.46. The second-order valence-electron chi connectivity index (χ2n) is 10.9. The van der Waals surface area contributed by atoms with Gasteiger partial charge in [0, 0.05) is 30.6 Å². The average molecular weight is 671 g/mol. The predicted octanol–water partition coefficient (Wildman–Crippen LogP) is 2.11. The molecule has 0 saturated carbocycles. The molecule has 3 aromatic carbocycles. The summed E-state index contributed by atoms with van der Waals surface area (Å²) in [6.07, 6.45) is 1.38. The molecule has 5 rings (SSSR count). The Morgan fingerprint density at radius 3 is 2.46 bits per heavy atom. The number of carbonyl (C=O) groups excluding carboxylic acids is 3. The van der Waals surface area contributed by atoms with Crippen LogP contribution in [0.2, 0.25) is 0 Å². The predicted molar refractivity (Wildman–Crippen MR) is 180 cm³/mol. The number of imidazole rings is 1. The molecule has 2 heterocycles. The van der Waals surface area contributed by atoms with Gasteiger partial charge in [0.15, 0.2) is 0 Å². The number of amides is 2. The SMILES string of the molecule is CCOC(=O)C(CC(N)=O)NC(=O)CN(c1ccc2c(c1)nc(Cc1ccc(C(=N)N)cc1)n2C)S(=O)(=O)c1cccc2cccnc12. The molecule has 0 aliphatic rings. The Morgan fingerprint density at radius 2 is 1.77 bits per heavy atom. The van der Waals surface area contributed by atoms with Gasteiger partial charge in [-0.3, -0.25) is 24.3 Å². The van der Waals surface area contributed by atoms with Gasteiger partial charge in [-0.2, -0.15) is 0 Å². The molecule has 14 nitrogen and oxygen atoms in total. The number of carbonyl (C=O) groups is 3. The van der Waals surface area contributed by atoms with Crippen LogP contribution >= 0.6 is 0 Å². The Hall–Kier alpha value is -5.83. The number of esters is 1. The van der Waals surface area contributed by atoms with E-state index in [-0.39, 0.29) is 28.5 Å². The number of ether oxygens (including phenoxy) is 1. The second kappa shape index (κ2) is 13.9. The number of hydrogen-bond donors (Lipinski definition) is 4. The number of pyridine rings is 1. The van der Waals surface area contributed by atoms with Crippen molar-refractivity contribution in [1.82, 2.24) is 19.9 Å². The van der Waals surface area contributed by atoms with Crippen molar-refractivity contribution in [2.45, 2.75) is 30.7 Å². The van der Waals surface area contributed by atoms with Gasteiger partial charge in [0.2, 0.25) is 11.8 Å². The van der Waals surface area contributed by atoms with E-state index in [0.29, 0.717) is 34.2 Å². The van der Waals surface area contributed by atoms with E-state index in [1.165, 1.54) is 12.3 Å². The zero-order valence-corrected chi connectivity index (χ0v) is 27.0. The summed E-state index contributed by atoms with van der Waals surface area (Å²) in [6.45, 7) is 0.805. The zero-order chi connectivity index (χ0) is 34.6. The standard InChI is InChI=1S/C33H34N8O6S/c1-3-47-33(44)25(18-28(34)42)39-30(43)19-41(48(45,46)27-8-4-6-21-7-5-15-37-31(21)27)23-13-14-26-24(17-23)38-29(40(26)2)16-20-9-11-22(12-10-20)32(35)36/h4-15,17,25H,3,16,18-19H2,1-2H3,(H2,34,42)(H3,35,36)(H,39,43). The van der Waals surface area contributed by atoms with Crippen LogP contribution in [0.15, 0.2) is 83.9 Å². The molecule has 1 unspecified atom stereocenters. The fraction of sp³-hybridized carbons (Fsp3) is 0.212. The van der Waals surface area contributed by atoms with Crippen molar-refractivity contribution in [2.24, 2.45) is 18.5 Å². The molecule has 0 fully saturated rings. The van der Waals surface area contributed by atoms with Crippen molar-refractivity contribution < 1.29 is 27.5 Å². The second-order valence-corrected chi connectivity index (χ2v) is 12.8. The van der Waals surface area contributed by atoms with E-state index in [0.717, 1.165) is 9.87 Å². The van der Waals surface area contributed by atoms with Gasteiger partial charge in [0.1, 0.15) is 29.1 Å². The smallest absolute Gasteiger partial charge is 0.329 e. The molecule has 0 spiro atoms. The number of amidine groups is 1. The molecule has 1 atom stereocenters. The molecular formula is C33H34N8O6S. The maximum absolute atomic E-state index is 14.4. The summed E-state index contributed by atoms with van der Waals surface area (Å²) < 4.78 is 36.6. The lowest BCUT2D eigenvalue weighted by atomic mass is 10.1. The minimum Gasteiger partial charge on any atom is -0.464 e. The van der Waals surface area contributed by atoms with Gasteiger partial charge in [0.05, 0.1) is 35.3 Å². The first-order valence-electron chi connectivity index (χ1n) is 14.9. The highest BCUT2D eigenvalue weighted by atomic mass is 32.2. The Labute approximate surface area is 276 Å². The first-order valence-corrected chi connectivity index (χ1v) is 16.3. The molecule has 5 aromatic rings. The van der Waals surface area contributed by atoms with Crippen LogP contribution < -0.4 is 21.1 Å².